The molecule has 0 aliphatic carbocycles. The highest BCUT2D eigenvalue weighted by molar-refractivity contribution is 14.1. The third-order valence-corrected chi connectivity index (χ3v) is 2.93. The van der Waals surface area contributed by atoms with Gasteiger partial charge in [0, 0.05) is 0 Å². The van der Waals surface area contributed by atoms with E-state index in [0.717, 1.165) is 7.11 Å². The van der Waals surface area contributed by atoms with Crippen LogP contribution in [0.3, 0.4) is 0 Å². The number of aromatic nitrogens is 1. The molecule has 9 heteroatoms. The van der Waals surface area contributed by atoms with Crippen LogP contribution in [0.2, 0.25) is 0 Å². The average molecular weight is 395 g/mol. The molecule has 1 heterocycles. The number of alkyl halides is 5. The van der Waals surface area contributed by atoms with Crippen LogP contribution >= 0.6 is 22.6 Å². The molecule has 0 saturated carbocycles. The van der Waals surface area contributed by atoms with Crippen LogP contribution in [0.1, 0.15) is 23.2 Å². The van der Waals surface area contributed by atoms with Gasteiger partial charge in [0.15, 0.2) is 0 Å². The number of esters is 1. The van der Waals surface area contributed by atoms with Gasteiger partial charge in [0.1, 0.15) is 9.39 Å². The lowest BCUT2D eigenvalue weighted by molar-refractivity contribution is -0.142. The van der Waals surface area contributed by atoms with Crippen molar-refractivity contribution < 1.29 is 31.5 Å². The molecule has 106 valence electrons. The third kappa shape index (κ3) is 3.98. The van der Waals surface area contributed by atoms with Crippen molar-refractivity contribution in [2.75, 3.05) is 7.11 Å². The maximum atomic E-state index is 12.8. The molecule has 0 amide bonds. The molecule has 0 N–H and O–H groups in total. The zero-order valence-electron chi connectivity index (χ0n) is 9.39. The number of nitrogens with zero attached hydrogens (tertiary/aromatic N) is 1. The molecule has 1 aromatic rings. The highest BCUT2D eigenvalue weighted by atomic mass is 127. The minimum Gasteiger partial charge on any atom is -0.469 e. The monoisotopic (exact) mass is 395 g/mol. The van der Waals surface area contributed by atoms with Crippen LogP contribution in [-0.4, -0.2) is 18.1 Å². The molecular formula is C10H7F5INO2. The first kappa shape index (κ1) is 16.1. The van der Waals surface area contributed by atoms with E-state index in [4.69, 9.17) is 0 Å². The van der Waals surface area contributed by atoms with Gasteiger partial charge in [-0.25, -0.2) is 13.8 Å². The Morgan fingerprint density at radius 1 is 1.47 bits per heavy atom. The maximum absolute atomic E-state index is 12.8. The third-order valence-electron chi connectivity index (χ3n) is 2.15. The Hall–Kier alpha value is -1.00. The molecule has 0 aliphatic rings. The molecule has 0 spiro atoms. The van der Waals surface area contributed by atoms with Crippen LogP contribution in [0.4, 0.5) is 22.0 Å². The first-order chi connectivity index (χ1) is 8.66. The Balaban J connectivity index is 3.40. The number of ether oxygens (including phenoxy) is 1. The van der Waals surface area contributed by atoms with Gasteiger partial charge in [-0.2, -0.15) is 13.2 Å². The summed E-state index contributed by atoms with van der Waals surface area (Å²) in [6.07, 6.45) is -8.55. The van der Waals surface area contributed by atoms with E-state index in [-0.39, 0.29) is 0 Å². The van der Waals surface area contributed by atoms with Crippen molar-refractivity contribution in [3.8, 4) is 0 Å². The lowest BCUT2D eigenvalue weighted by atomic mass is 10.1. The van der Waals surface area contributed by atoms with E-state index < -0.39 is 45.5 Å². The minimum absolute atomic E-state index is 0.575. The Labute approximate surface area is 118 Å². The molecule has 19 heavy (non-hydrogen) atoms. The fourth-order valence-corrected chi connectivity index (χ4v) is 2.29. The van der Waals surface area contributed by atoms with E-state index in [9.17, 15) is 26.7 Å². The van der Waals surface area contributed by atoms with Crippen LogP contribution in [0.5, 0.6) is 0 Å². The van der Waals surface area contributed by atoms with Gasteiger partial charge < -0.3 is 4.74 Å². The summed E-state index contributed by atoms with van der Waals surface area (Å²) in [5, 5.41) is 0. The van der Waals surface area contributed by atoms with Crippen molar-refractivity contribution in [2.45, 2.75) is 19.0 Å². The molecule has 3 nitrogen and oxygen atoms in total. The first-order valence-electron chi connectivity index (χ1n) is 4.78. The molecule has 0 atom stereocenters. The molecular weight excluding hydrogens is 388 g/mol. The lowest BCUT2D eigenvalue weighted by Gasteiger charge is -2.15. The first-order valence-corrected chi connectivity index (χ1v) is 5.86. The smallest absolute Gasteiger partial charge is 0.419 e. The van der Waals surface area contributed by atoms with Gasteiger partial charge in [0.25, 0.3) is 6.43 Å². The zero-order chi connectivity index (χ0) is 14.8. The number of carbonyl (C=O) groups is 1. The summed E-state index contributed by atoms with van der Waals surface area (Å²) in [6, 6.07) is 0.576. The summed E-state index contributed by atoms with van der Waals surface area (Å²) in [5.74, 6) is -0.951. The summed E-state index contributed by atoms with van der Waals surface area (Å²) >= 11 is 1.21. The average Bonchev–Trinajstić information content (AvgIpc) is 2.25. The van der Waals surface area contributed by atoms with Crippen LogP contribution < -0.4 is 0 Å². The highest BCUT2D eigenvalue weighted by Gasteiger charge is 2.37. The highest BCUT2D eigenvalue weighted by Crippen LogP contribution is 2.36. The summed E-state index contributed by atoms with van der Waals surface area (Å²) in [5.41, 5.74) is -2.58. The zero-order valence-corrected chi connectivity index (χ0v) is 11.6. The number of methoxy groups -OCH3 is 1. The number of rotatable bonds is 3. The molecule has 0 fully saturated rings. The topological polar surface area (TPSA) is 39.2 Å². The van der Waals surface area contributed by atoms with Gasteiger partial charge in [-0.3, -0.25) is 4.79 Å². The molecule has 0 radical (unpaired) electrons. The van der Waals surface area contributed by atoms with E-state index in [0.29, 0.717) is 6.07 Å². The van der Waals surface area contributed by atoms with E-state index in [1.807, 2.05) is 0 Å². The molecule has 0 bridgehead atoms. The lowest BCUT2D eigenvalue weighted by Crippen LogP contribution is -2.17. The van der Waals surface area contributed by atoms with Gasteiger partial charge in [-0.05, 0) is 34.2 Å². The van der Waals surface area contributed by atoms with Crippen molar-refractivity contribution in [3.05, 3.63) is 26.6 Å². The molecule has 1 aromatic heterocycles. The molecule has 0 aromatic carbocycles. The second kappa shape index (κ2) is 5.97. The SMILES string of the molecule is COC(=O)Cc1cc(C(F)F)nc(I)c1C(F)(F)F. The fourth-order valence-electron chi connectivity index (χ4n) is 1.36. The van der Waals surface area contributed by atoms with Crippen molar-refractivity contribution in [3.63, 3.8) is 0 Å². The predicted molar refractivity (Wildman–Crippen MR) is 62.6 cm³/mol. The molecule has 0 unspecified atom stereocenters. The largest absolute Gasteiger partial charge is 0.469 e. The van der Waals surface area contributed by atoms with Gasteiger partial charge in [-0.15, -0.1) is 0 Å². The van der Waals surface area contributed by atoms with Gasteiger partial charge in [0.2, 0.25) is 0 Å². The summed E-state index contributed by atoms with van der Waals surface area (Å²) < 4.78 is 67.1. The van der Waals surface area contributed by atoms with E-state index in [1.165, 1.54) is 22.6 Å². The molecule has 1 rings (SSSR count). The maximum Gasteiger partial charge on any atom is 0.419 e. The summed E-state index contributed by atoms with van der Waals surface area (Å²) in [6.45, 7) is 0. The number of hydrogen-bond acceptors (Lipinski definition) is 3. The Bertz CT molecular complexity index is 490. The normalized spacial score (nSPS) is 11.8. The number of carbonyl (C=O) groups excluding carboxylic acids is 1. The van der Waals surface area contributed by atoms with Gasteiger partial charge >= 0.3 is 12.1 Å². The fraction of sp³-hybridized carbons (Fsp3) is 0.400. The Morgan fingerprint density at radius 2 is 2.05 bits per heavy atom. The van der Waals surface area contributed by atoms with Gasteiger partial charge in [-0.1, -0.05) is 0 Å². The minimum atomic E-state index is -4.78. The van der Waals surface area contributed by atoms with E-state index in [1.54, 1.807) is 0 Å². The van der Waals surface area contributed by atoms with Crippen LogP contribution in [0.25, 0.3) is 0 Å². The summed E-state index contributed by atoms with van der Waals surface area (Å²) in [4.78, 5) is 14.3. The quantitative estimate of drug-likeness (QED) is 0.341. The predicted octanol–water partition coefficient (Wildman–Crippen LogP) is 3.36. The Morgan fingerprint density at radius 3 is 2.47 bits per heavy atom. The van der Waals surface area contributed by atoms with Crippen molar-refractivity contribution >= 4 is 28.6 Å². The standard InChI is InChI=1S/C10H7F5INO2/c1-19-6(18)3-4-2-5(8(11)12)17-9(16)7(4)10(13,14)15/h2,8H,3H2,1H3. The number of halogens is 6. The Kier molecular flexibility index (Phi) is 5.04. The van der Waals surface area contributed by atoms with Crippen molar-refractivity contribution in [1.82, 2.24) is 4.98 Å². The van der Waals surface area contributed by atoms with Crippen LogP contribution in [-0.2, 0) is 22.1 Å². The van der Waals surface area contributed by atoms with Crippen LogP contribution in [0.15, 0.2) is 6.07 Å². The van der Waals surface area contributed by atoms with Crippen LogP contribution in [0, 0.1) is 3.70 Å². The number of hydrogen-bond donors (Lipinski definition) is 0. The second-order valence-electron chi connectivity index (χ2n) is 3.42. The molecule has 0 aliphatic heterocycles. The van der Waals surface area contributed by atoms with Gasteiger partial charge in [0.05, 0.1) is 19.1 Å². The van der Waals surface area contributed by atoms with E-state index in [2.05, 4.69) is 9.72 Å². The number of pyridine rings is 1. The second-order valence-corrected chi connectivity index (χ2v) is 4.45. The summed E-state index contributed by atoms with van der Waals surface area (Å²) in [7, 11) is 0.996. The van der Waals surface area contributed by atoms with Crippen molar-refractivity contribution in [1.29, 1.82) is 0 Å². The van der Waals surface area contributed by atoms with E-state index >= 15 is 0 Å². The molecule has 0 saturated heterocycles. The van der Waals surface area contributed by atoms with Crippen molar-refractivity contribution in [2.24, 2.45) is 0 Å².